The molecule has 0 spiro atoms. The minimum atomic E-state index is -0.378. The van der Waals surface area contributed by atoms with Crippen LogP contribution in [-0.4, -0.2) is 61.1 Å². The molecule has 4 nitrogen and oxygen atoms in total. The highest BCUT2D eigenvalue weighted by Gasteiger charge is 2.22. The summed E-state index contributed by atoms with van der Waals surface area (Å²) in [6, 6.07) is 5.23. The molecule has 0 bridgehead atoms. The van der Waals surface area contributed by atoms with Crippen molar-refractivity contribution in [2.24, 2.45) is 5.73 Å². The Morgan fingerprint density at radius 1 is 1.45 bits per heavy atom. The van der Waals surface area contributed by atoms with Gasteiger partial charge in [0.15, 0.2) is 0 Å². The quantitative estimate of drug-likeness (QED) is 0.815. The van der Waals surface area contributed by atoms with E-state index in [1.165, 1.54) is 6.07 Å². The maximum Gasteiger partial charge on any atom is 0.135 e. The predicted octanol–water partition coefficient (Wildman–Crippen LogP) is 1.12. The fourth-order valence-corrected chi connectivity index (χ4v) is 2.68. The van der Waals surface area contributed by atoms with Gasteiger partial charge in [-0.05, 0) is 26.2 Å². The highest BCUT2D eigenvalue weighted by molar-refractivity contribution is 7.80. The van der Waals surface area contributed by atoms with Gasteiger partial charge in [-0.2, -0.15) is 0 Å². The Morgan fingerprint density at radius 3 is 2.90 bits per heavy atom. The molecule has 20 heavy (non-hydrogen) atoms. The van der Waals surface area contributed by atoms with E-state index in [4.69, 9.17) is 18.0 Å². The summed E-state index contributed by atoms with van der Waals surface area (Å²) in [5.41, 5.74) is 6.57. The number of rotatable bonds is 4. The van der Waals surface area contributed by atoms with Crippen molar-refractivity contribution in [3.63, 3.8) is 0 Å². The number of nitrogens with one attached hydrogen (secondary N) is 1. The summed E-state index contributed by atoms with van der Waals surface area (Å²) < 4.78 is 13.8. The molecule has 1 unspecified atom stereocenters. The molecule has 1 aliphatic rings. The van der Waals surface area contributed by atoms with E-state index in [-0.39, 0.29) is 10.8 Å². The number of likely N-dealkylation sites (N-methyl/N-ethyl adjacent to an activating group) is 2. The molecule has 1 heterocycles. The predicted molar refractivity (Wildman–Crippen MR) is 84.7 cm³/mol. The Balaban J connectivity index is 2.07. The van der Waals surface area contributed by atoms with Gasteiger partial charge in [-0.15, -0.1) is 0 Å². The molecule has 6 heteroatoms. The number of thiocarbonyl (C=S) groups is 1. The molecule has 0 saturated carbocycles. The third kappa shape index (κ3) is 3.45. The zero-order valence-corrected chi connectivity index (χ0v) is 12.7. The summed E-state index contributed by atoms with van der Waals surface area (Å²) in [5, 5.41) is 3.28. The van der Waals surface area contributed by atoms with Crippen LogP contribution < -0.4 is 11.1 Å². The molecule has 0 radical (unpaired) electrons. The van der Waals surface area contributed by atoms with Crippen LogP contribution in [0.2, 0.25) is 0 Å². The standard InChI is InChI=1S/C14H21FN4S/c1-18-6-7-19(2)10(9-18)8-17-12-5-3-4-11(15)13(12)14(16)20/h3-5,10,17H,6-9H2,1-2H3,(H2,16,20). The van der Waals surface area contributed by atoms with Crippen molar-refractivity contribution < 1.29 is 4.39 Å². The SMILES string of the molecule is CN1CCN(C)C(CNc2cccc(F)c2C(N)=S)C1. The monoisotopic (exact) mass is 296 g/mol. The third-order valence-electron chi connectivity index (χ3n) is 3.77. The second-order valence-electron chi connectivity index (χ2n) is 5.30. The van der Waals surface area contributed by atoms with Crippen molar-refractivity contribution in [2.75, 3.05) is 45.6 Å². The summed E-state index contributed by atoms with van der Waals surface area (Å²) in [5.74, 6) is -0.378. The van der Waals surface area contributed by atoms with Crippen LogP contribution in [0.5, 0.6) is 0 Å². The first-order chi connectivity index (χ1) is 9.49. The number of piperazine rings is 1. The molecule has 1 atom stereocenters. The maximum atomic E-state index is 13.8. The van der Waals surface area contributed by atoms with Crippen LogP contribution in [0.4, 0.5) is 10.1 Å². The number of hydrogen-bond acceptors (Lipinski definition) is 4. The summed E-state index contributed by atoms with van der Waals surface area (Å²) in [6.45, 7) is 3.83. The van der Waals surface area contributed by atoms with Gasteiger partial charge in [0.25, 0.3) is 0 Å². The minimum Gasteiger partial charge on any atom is -0.389 e. The first-order valence-electron chi connectivity index (χ1n) is 6.70. The lowest BCUT2D eigenvalue weighted by Crippen LogP contribution is -2.52. The Bertz CT molecular complexity index is 494. The van der Waals surface area contributed by atoms with Crippen molar-refractivity contribution in [2.45, 2.75) is 6.04 Å². The Morgan fingerprint density at radius 2 is 2.20 bits per heavy atom. The van der Waals surface area contributed by atoms with E-state index in [0.29, 0.717) is 17.3 Å². The van der Waals surface area contributed by atoms with Crippen LogP contribution >= 0.6 is 12.2 Å². The van der Waals surface area contributed by atoms with Crippen molar-refractivity contribution in [3.8, 4) is 0 Å². The van der Waals surface area contributed by atoms with Gasteiger partial charge in [-0.1, -0.05) is 18.3 Å². The lowest BCUT2D eigenvalue weighted by molar-refractivity contribution is 0.122. The van der Waals surface area contributed by atoms with E-state index in [2.05, 4.69) is 29.2 Å². The summed E-state index contributed by atoms with van der Waals surface area (Å²) >= 11 is 4.93. The minimum absolute atomic E-state index is 0.0831. The second kappa shape index (κ2) is 6.47. The summed E-state index contributed by atoms with van der Waals surface area (Å²) in [7, 11) is 4.22. The van der Waals surface area contributed by atoms with Gasteiger partial charge in [-0.3, -0.25) is 4.90 Å². The fraction of sp³-hybridized carbons (Fsp3) is 0.500. The zero-order valence-electron chi connectivity index (χ0n) is 11.9. The van der Waals surface area contributed by atoms with Gasteiger partial charge in [0.2, 0.25) is 0 Å². The normalized spacial score (nSPS) is 20.9. The topological polar surface area (TPSA) is 44.5 Å². The molecule has 1 fully saturated rings. The second-order valence-corrected chi connectivity index (χ2v) is 5.74. The molecule has 110 valence electrons. The van der Waals surface area contributed by atoms with E-state index < -0.39 is 0 Å². The molecule has 0 aromatic heterocycles. The lowest BCUT2D eigenvalue weighted by Gasteiger charge is -2.38. The summed E-state index contributed by atoms with van der Waals surface area (Å²) in [6.07, 6.45) is 0. The maximum absolute atomic E-state index is 13.8. The van der Waals surface area contributed by atoms with Crippen LogP contribution in [0.25, 0.3) is 0 Å². The van der Waals surface area contributed by atoms with E-state index in [9.17, 15) is 4.39 Å². The molecule has 1 aromatic rings. The van der Waals surface area contributed by atoms with Crippen molar-refractivity contribution in [3.05, 3.63) is 29.6 Å². The number of nitrogens with two attached hydrogens (primary N) is 1. The van der Waals surface area contributed by atoms with Crippen LogP contribution in [0.15, 0.2) is 18.2 Å². The molecule has 0 amide bonds. The first kappa shape index (κ1) is 15.2. The molecular weight excluding hydrogens is 275 g/mol. The van der Waals surface area contributed by atoms with Crippen LogP contribution in [0.3, 0.4) is 0 Å². The molecule has 3 N–H and O–H groups in total. The van der Waals surface area contributed by atoms with Gasteiger partial charge < -0.3 is 16.0 Å². The van der Waals surface area contributed by atoms with Crippen molar-refractivity contribution >= 4 is 22.9 Å². The number of halogens is 1. The van der Waals surface area contributed by atoms with Crippen molar-refractivity contribution in [1.29, 1.82) is 0 Å². The highest BCUT2D eigenvalue weighted by atomic mass is 32.1. The van der Waals surface area contributed by atoms with Crippen molar-refractivity contribution in [1.82, 2.24) is 9.80 Å². The first-order valence-corrected chi connectivity index (χ1v) is 7.11. The third-order valence-corrected chi connectivity index (χ3v) is 3.97. The van der Waals surface area contributed by atoms with E-state index in [1.54, 1.807) is 6.07 Å². The van der Waals surface area contributed by atoms with Gasteiger partial charge in [0, 0.05) is 37.9 Å². The molecule has 1 aromatic carbocycles. The van der Waals surface area contributed by atoms with Crippen LogP contribution in [0, 0.1) is 5.82 Å². The van der Waals surface area contributed by atoms with Gasteiger partial charge in [-0.25, -0.2) is 4.39 Å². The Labute approximate surface area is 124 Å². The molecule has 1 saturated heterocycles. The average molecular weight is 296 g/mol. The number of hydrogen-bond donors (Lipinski definition) is 2. The van der Waals surface area contributed by atoms with Gasteiger partial charge in [0.05, 0.1) is 5.56 Å². The lowest BCUT2D eigenvalue weighted by atomic mass is 10.1. The number of nitrogens with zero attached hydrogens (tertiary/aromatic N) is 2. The Kier molecular flexibility index (Phi) is 4.91. The molecule has 2 rings (SSSR count). The highest BCUT2D eigenvalue weighted by Crippen LogP contribution is 2.19. The van der Waals surface area contributed by atoms with E-state index >= 15 is 0 Å². The smallest absolute Gasteiger partial charge is 0.135 e. The Hall–Kier alpha value is -1.24. The number of benzene rings is 1. The average Bonchev–Trinajstić information content (AvgIpc) is 2.39. The molecular formula is C14H21FN4S. The number of anilines is 1. The largest absolute Gasteiger partial charge is 0.389 e. The molecule has 1 aliphatic heterocycles. The fourth-order valence-electron chi connectivity index (χ4n) is 2.47. The van der Waals surface area contributed by atoms with Crippen LogP contribution in [0.1, 0.15) is 5.56 Å². The van der Waals surface area contributed by atoms with E-state index in [1.807, 2.05) is 6.07 Å². The van der Waals surface area contributed by atoms with Crippen LogP contribution in [-0.2, 0) is 0 Å². The van der Waals surface area contributed by atoms with E-state index in [0.717, 1.165) is 26.2 Å². The van der Waals surface area contributed by atoms with Gasteiger partial charge >= 0.3 is 0 Å². The molecule has 0 aliphatic carbocycles. The van der Waals surface area contributed by atoms with Gasteiger partial charge in [0.1, 0.15) is 10.8 Å². The summed E-state index contributed by atoms with van der Waals surface area (Å²) in [4.78, 5) is 4.69. The zero-order chi connectivity index (χ0) is 14.7.